The Hall–Kier alpha value is -2.86. The number of benzene rings is 2. The van der Waals surface area contributed by atoms with Crippen molar-refractivity contribution in [1.29, 1.82) is 0 Å². The largest absolute Gasteiger partial charge is 0.399 e. The molecule has 26 heavy (non-hydrogen) atoms. The number of nitrogens with zero attached hydrogens (tertiary/aromatic N) is 2. The highest BCUT2D eigenvalue weighted by atomic mass is 16.5. The van der Waals surface area contributed by atoms with Crippen LogP contribution in [0.15, 0.2) is 53.1 Å². The van der Waals surface area contributed by atoms with Crippen LogP contribution < -0.4 is 11.1 Å². The molecule has 2 heterocycles. The van der Waals surface area contributed by atoms with Crippen LogP contribution in [0.2, 0.25) is 0 Å². The summed E-state index contributed by atoms with van der Waals surface area (Å²) in [6.45, 7) is 2.89. The second kappa shape index (κ2) is 7.17. The van der Waals surface area contributed by atoms with E-state index in [1.165, 1.54) is 5.56 Å². The maximum absolute atomic E-state index is 12.6. The molecule has 0 spiro atoms. The smallest absolute Gasteiger partial charge is 0.274 e. The number of nitrogens with two attached hydrogens (primary N) is 1. The summed E-state index contributed by atoms with van der Waals surface area (Å²) >= 11 is 0. The average Bonchev–Trinajstić information content (AvgIpc) is 3.07. The highest BCUT2D eigenvalue weighted by Crippen LogP contribution is 2.21. The monoisotopic (exact) mass is 350 g/mol. The van der Waals surface area contributed by atoms with Crippen molar-refractivity contribution in [3.8, 4) is 0 Å². The molecule has 3 N–H and O–H groups in total. The Labute approximate surface area is 151 Å². The van der Waals surface area contributed by atoms with Crippen molar-refractivity contribution >= 4 is 22.6 Å². The number of aromatic nitrogens is 1. The van der Waals surface area contributed by atoms with Gasteiger partial charge in [-0.25, -0.2) is 0 Å². The fourth-order valence-corrected chi connectivity index (χ4v) is 3.45. The Balaban J connectivity index is 1.34. The van der Waals surface area contributed by atoms with Crippen LogP contribution in [0.4, 0.5) is 5.69 Å². The van der Waals surface area contributed by atoms with Gasteiger partial charge in [0.15, 0.2) is 11.3 Å². The number of rotatable bonds is 4. The molecule has 1 aromatic heterocycles. The number of anilines is 1. The summed E-state index contributed by atoms with van der Waals surface area (Å²) in [6, 6.07) is 15.8. The summed E-state index contributed by atoms with van der Waals surface area (Å²) in [5.41, 5.74) is 8.51. The molecule has 0 bridgehead atoms. The van der Waals surface area contributed by atoms with Crippen LogP contribution in [0.3, 0.4) is 0 Å². The first kappa shape index (κ1) is 16.6. The van der Waals surface area contributed by atoms with Crippen LogP contribution >= 0.6 is 0 Å². The highest BCUT2D eigenvalue weighted by Gasteiger charge is 2.23. The van der Waals surface area contributed by atoms with Gasteiger partial charge in [-0.1, -0.05) is 35.5 Å². The normalized spacial score (nSPS) is 16.0. The van der Waals surface area contributed by atoms with Crippen molar-refractivity contribution in [3.05, 3.63) is 59.8 Å². The maximum atomic E-state index is 12.6. The van der Waals surface area contributed by atoms with E-state index in [4.69, 9.17) is 10.3 Å². The molecule has 0 unspecified atom stereocenters. The van der Waals surface area contributed by atoms with Gasteiger partial charge in [-0.05, 0) is 30.5 Å². The summed E-state index contributed by atoms with van der Waals surface area (Å²) in [7, 11) is 0. The molecule has 0 atom stereocenters. The lowest BCUT2D eigenvalue weighted by atomic mass is 10.0. The Morgan fingerprint density at radius 1 is 1.19 bits per heavy atom. The summed E-state index contributed by atoms with van der Waals surface area (Å²) in [5.74, 6) is -0.185. The van der Waals surface area contributed by atoms with Crippen molar-refractivity contribution in [3.63, 3.8) is 0 Å². The van der Waals surface area contributed by atoms with Gasteiger partial charge in [0.2, 0.25) is 0 Å². The van der Waals surface area contributed by atoms with E-state index in [1.807, 2.05) is 6.07 Å². The third-order valence-corrected chi connectivity index (χ3v) is 4.88. The van der Waals surface area contributed by atoms with E-state index in [2.05, 4.69) is 39.6 Å². The number of hydrogen-bond donors (Lipinski definition) is 2. The fourth-order valence-electron chi connectivity index (χ4n) is 3.45. The van der Waals surface area contributed by atoms with E-state index in [9.17, 15) is 4.79 Å². The molecule has 1 saturated heterocycles. The van der Waals surface area contributed by atoms with E-state index < -0.39 is 0 Å². The minimum absolute atomic E-state index is 0.162. The topological polar surface area (TPSA) is 84.4 Å². The standard InChI is InChI=1S/C20H22N4O2/c21-15-6-7-17-18(12-15)26-23-19(17)20(25)22-16-8-10-24(11-9-16)13-14-4-2-1-3-5-14/h1-7,12,16H,8-11,13,21H2,(H,22,25). The minimum Gasteiger partial charge on any atom is -0.399 e. The Kier molecular flexibility index (Phi) is 4.58. The SMILES string of the molecule is Nc1ccc2c(C(=O)NC3CCN(Cc4ccccc4)CC3)noc2c1. The zero-order valence-corrected chi connectivity index (χ0v) is 14.5. The summed E-state index contributed by atoms with van der Waals surface area (Å²) in [4.78, 5) is 15.0. The predicted molar refractivity (Wildman–Crippen MR) is 101 cm³/mol. The molecule has 4 rings (SSSR count). The van der Waals surface area contributed by atoms with Gasteiger partial charge in [-0.15, -0.1) is 0 Å². The first-order chi connectivity index (χ1) is 12.7. The molecule has 6 heteroatoms. The van der Waals surface area contributed by atoms with E-state index in [0.717, 1.165) is 32.5 Å². The van der Waals surface area contributed by atoms with Crippen LogP contribution in [-0.2, 0) is 6.54 Å². The van der Waals surface area contributed by atoms with Crippen LogP contribution in [0.1, 0.15) is 28.9 Å². The molecule has 3 aromatic rings. The van der Waals surface area contributed by atoms with Gasteiger partial charge in [-0.2, -0.15) is 0 Å². The number of carbonyl (C=O) groups is 1. The fraction of sp³-hybridized carbons (Fsp3) is 0.300. The molecule has 0 radical (unpaired) electrons. The van der Waals surface area contributed by atoms with E-state index in [-0.39, 0.29) is 11.9 Å². The predicted octanol–water partition coefficient (Wildman–Crippen LogP) is 2.80. The highest BCUT2D eigenvalue weighted by molar-refractivity contribution is 6.04. The van der Waals surface area contributed by atoms with Crippen molar-refractivity contribution in [2.75, 3.05) is 18.8 Å². The molecule has 1 fully saturated rings. The lowest BCUT2D eigenvalue weighted by Gasteiger charge is -2.32. The number of nitrogen functional groups attached to an aromatic ring is 1. The Morgan fingerprint density at radius 2 is 1.96 bits per heavy atom. The average molecular weight is 350 g/mol. The van der Waals surface area contributed by atoms with Gasteiger partial charge < -0.3 is 15.6 Å². The third kappa shape index (κ3) is 3.55. The molecule has 6 nitrogen and oxygen atoms in total. The van der Waals surface area contributed by atoms with Crippen molar-refractivity contribution in [2.24, 2.45) is 0 Å². The number of fused-ring (bicyclic) bond motifs is 1. The van der Waals surface area contributed by atoms with Crippen LogP contribution in [0, 0.1) is 0 Å². The van der Waals surface area contributed by atoms with Gasteiger partial charge >= 0.3 is 0 Å². The van der Waals surface area contributed by atoms with Crippen LogP contribution in [0.25, 0.3) is 11.0 Å². The van der Waals surface area contributed by atoms with Gasteiger partial charge in [0, 0.05) is 37.4 Å². The number of carbonyl (C=O) groups excluding carboxylic acids is 1. The maximum Gasteiger partial charge on any atom is 0.274 e. The number of nitrogens with one attached hydrogen (secondary N) is 1. The van der Waals surface area contributed by atoms with E-state index in [1.54, 1.807) is 18.2 Å². The molecule has 0 saturated carbocycles. The van der Waals surface area contributed by atoms with Crippen LogP contribution in [0.5, 0.6) is 0 Å². The van der Waals surface area contributed by atoms with Crippen molar-refractivity contribution in [1.82, 2.24) is 15.4 Å². The summed E-state index contributed by atoms with van der Waals surface area (Å²) in [5, 5.41) is 7.71. The zero-order valence-electron chi connectivity index (χ0n) is 14.5. The molecular formula is C20H22N4O2. The second-order valence-electron chi connectivity index (χ2n) is 6.80. The molecule has 1 amide bonds. The Bertz CT molecular complexity index is 899. The van der Waals surface area contributed by atoms with Gasteiger partial charge in [-0.3, -0.25) is 9.69 Å². The molecular weight excluding hydrogens is 328 g/mol. The quantitative estimate of drug-likeness (QED) is 0.707. The number of hydrogen-bond acceptors (Lipinski definition) is 5. The third-order valence-electron chi connectivity index (χ3n) is 4.88. The summed E-state index contributed by atoms with van der Waals surface area (Å²) in [6.07, 6.45) is 1.86. The lowest BCUT2D eigenvalue weighted by Crippen LogP contribution is -2.44. The molecule has 1 aliphatic rings. The summed E-state index contributed by atoms with van der Waals surface area (Å²) < 4.78 is 5.22. The lowest BCUT2D eigenvalue weighted by molar-refractivity contribution is 0.0901. The van der Waals surface area contributed by atoms with Gasteiger partial charge in [0.25, 0.3) is 5.91 Å². The van der Waals surface area contributed by atoms with E-state index in [0.29, 0.717) is 22.4 Å². The number of piperidine rings is 1. The first-order valence-electron chi connectivity index (χ1n) is 8.91. The zero-order chi connectivity index (χ0) is 17.9. The van der Waals surface area contributed by atoms with Crippen molar-refractivity contribution in [2.45, 2.75) is 25.4 Å². The Morgan fingerprint density at radius 3 is 2.73 bits per heavy atom. The molecule has 1 aliphatic heterocycles. The molecule has 134 valence electrons. The number of amides is 1. The van der Waals surface area contributed by atoms with Gasteiger partial charge in [0.1, 0.15) is 0 Å². The molecule has 0 aliphatic carbocycles. The first-order valence-corrected chi connectivity index (χ1v) is 8.91. The number of likely N-dealkylation sites (tertiary alicyclic amines) is 1. The minimum atomic E-state index is -0.185. The molecule has 2 aromatic carbocycles. The second-order valence-corrected chi connectivity index (χ2v) is 6.80. The van der Waals surface area contributed by atoms with E-state index >= 15 is 0 Å². The van der Waals surface area contributed by atoms with Gasteiger partial charge in [0.05, 0.1) is 5.39 Å². The van der Waals surface area contributed by atoms with Crippen molar-refractivity contribution < 1.29 is 9.32 Å². The van der Waals surface area contributed by atoms with Crippen LogP contribution in [-0.4, -0.2) is 35.1 Å².